The van der Waals surface area contributed by atoms with Gasteiger partial charge in [-0.2, -0.15) is 4.68 Å². The zero-order valence-corrected chi connectivity index (χ0v) is 14.2. The summed E-state index contributed by atoms with van der Waals surface area (Å²) in [5.41, 5.74) is 0.881. The molecule has 4 rings (SSSR count). The molecule has 0 bridgehead atoms. The first-order valence-corrected chi connectivity index (χ1v) is 8.28. The minimum Gasteiger partial charge on any atom is -0.486 e. The predicted octanol–water partition coefficient (Wildman–Crippen LogP) is 1.78. The molecule has 0 saturated heterocycles. The summed E-state index contributed by atoms with van der Waals surface area (Å²) in [6.45, 7) is 0.691. The Morgan fingerprint density at radius 2 is 1.96 bits per heavy atom. The SMILES string of the molecule is O=C(/C=C/c1ccc2c(c1)OCCO2)OCn1nnc2ccccc2c1=O. The number of benzene rings is 2. The van der Waals surface area contributed by atoms with Crippen molar-refractivity contribution >= 4 is 22.9 Å². The molecule has 0 atom stereocenters. The van der Waals surface area contributed by atoms with Gasteiger partial charge in [-0.15, -0.1) is 5.10 Å². The van der Waals surface area contributed by atoms with Crippen molar-refractivity contribution in [2.45, 2.75) is 6.73 Å². The van der Waals surface area contributed by atoms with Crippen molar-refractivity contribution in [2.75, 3.05) is 13.2 Å². The van der Waals surface area contributed by atoms with E-state index in [2.05, 4.69) is 10.3 Å². The minimum absolute atomic E-state index is 0.318. The van der Waals surface area contributed by atoms with E-state index in [1.807, 2.05) is 0 Å². The van der Waals surface area contributed by atoms with E-state index in [1.54, 1.807) is 48.5 Å². The van der Waals surface area contributed by atoms with Crippen LogP contribution >= 0.6 is 0 Å². The smallest absolute Gasteiger partial charge is 0.332 e. The van der Waals surface area contributed by atoms with Crippen molar-refractivity contribution in [3.05, 3.63) is 64.5 Å². The standard InChI is InChI=1S/C19H15N3O5/c23-18(8-6-13-5-7-16-17(11-13)26-10-9-25-16)27-12-22-19(24)14-3-1-2-4-15(14)20-21-22/h1-8,11H,9-10,12H2/b8-6+. The van der Waals surface area contributed by atoms with Gasteiger partial charge in [-0.3, -0.25) is 4.79 Å². The van der Waals surface area contributed by atoms with Gasteiger partial charge in [0.2, 0.25) is 0 Å². The molecule has 0 spiro atoms. The maximum atomic E-state index is 12.3. The number of rotatable bonds is 4. The van der Waals surface area contributed by atoms with E-state index in [4.69, 9.17) is 14.2 Å². The molecule has 136 valence electrons. The van der Waals surface area contributed by atoms with Crippen LogP contribution in [0.4, 0.5) is 0 Å². The second-order valence-corrected chi connectivity index (χ2v) is 5.74. The molecule has 0 N–H and O–H groups in total. The Balaban J connectivity index is 1.42. The van der Waals surface area contributed by atoms with E-state index in [0.717, 1.165) is 10.2 Å². The molecular weight excluding hydrogens is 350 g/mol. The van der Waals surface area contributed by atoms with Crippen LogP contribution in [0.2, 0.25) is 0 Å². The summed E-state index contributed by atoms with van der Waals surface area (Å²) in [7, 11) is 0. The second kappa shape index (κ2) is 7.28. The van der Waals surface area contributed by atoms with Crippen LogP contribution in [0.3, 0.4) is 0 Å². The first-order chi connectivity index (χ1) is 13.2. The van der Waals surface area contributed by atoms with Gasteiger partial charge in [0.25, 0.3) is 5.56 Å². The van der Waals surface area contributed by atoms with Gasteiger partial charge in [0.05, 0.1) is 5.39 Å². The van der Waals surface area contributed by atoms with Gasteiger partial charge in [0, 0.05) is 6.08 Å². The maximum absolute atomic E-state index is 12.3. The van der Waals surface area contributed by atoms with Gasteiger partial charge in [0.15, 0.2) is 18.2 Å². The number of carbonyl (C=O) groups excluding carboxylic acids is 1. The summed E-state index contributed by atoms with van der Waals surface area (Å²) >= 11 is 0. The highest BCUT2D eigenvalue weighted by molar-refractivity contribution is 5.87. The molecule has 0 aliphatic carbocycles. The number of aromatic nitrogens is 3. The van der Waals surface area contributed by atoms with Gasteiger partial charge in [-0.1, -0.05) is 23.4 Å². The maximum Gasteiger partial charge on any atom is 0.332 e. The Morgan fingerprint density at radius 1 is 1.15 bits per heavy atom. The van der Waals surface area contributed by atoms with Crippen molar-refractivity contribution in [1.82, 2.24) is 15.0 Å². The van der Waals surface area contributed by atoms with Crippen molar-refractivity contribution in [1.29, 1.82) is 0 Å². The molecule has 27 heavy (non-hydrogen) atoms. The van der Waals surface area contributed by atoms with Gasteiger partial charge in [-0.05, 0) is 35.9 Å². The van der Waals surface area contributed by atoms with Crippen LogP contribution < -0.4 is 15.0 Å². The first-order valence-electron chi connectivity index (χ1n) is 8.28. The van der Waals surface area contributed by atoms with Gasteiger partial charge in [-0.25, -0.2) is 4.79 Å². The summed E-state index contributed by atoms with van der Waals surface area (Å²) in [5.74, 6) is 0.705. The van der Waals surface area contributed by atoms with Crippen LogP contribution in [-0.2, 0) is 16.3 Å². The van der Waals surface area contributed by atoms with Gasteiger partial charge >= 0.3 is 5.97 Å². The van der Waals surface area contributed by atoms with Crippen molar-refractivity contribution in [2.24, 2.45) is 0 Å². The van der Waals surface area contributed by atoms with Crippen LogP contribution in [0.1, 0.15) is 5.56 Å². The molecule has 0 unspecified atom stereocenters. The summed E-state index contributed by atoms with van der Waals surface area (Å²) in [5, 5.41) is 8.11. The van der Waals surface area contributed by atoms with Crippen LogP contribution in [-0.4, -0.2) is 34.2 Å². The van der Waals surface area contributed by atoms with E-state index in [9.17, 15) is 9.59 Å². The number of carbonyl (C=O) groups is 1. The number of ether oxygens (including phenoxy) is 3. The molecule has 1 aliphatic rings. The van der Waals surface area contributed by atoms with Crippen molar-refractivity contribution in [3.63, 3.8) is 0 Å². The lowest BCUT2D eigenvalue weighted by molar-refractivity contribution is -0.141. The molecule has 0 amide bonds. The highest BCUT2D eigenvalue weighted by Crippen LogP contribution is 2.31. The fraction of sp³-hybridized carbons (Fsp3) is 0.158. The molecule has 2 heterocycles. The molecule has 3 aromatic rings. The normalized spacial score (nSPS) is 13.0. The third-order valence-corrected chi connectivity index (χ3v) is 3.94. The monoisotopic (exact) mass is 365 g/mol. The Bertz CT molecular complexity index is 1090. The number of esters is 1. The zero-order valence-electron chi connectivity index (χ0n) is 14.2. The number of nitrogens with zero attached hydrogens (tertiary/aromatic N) is 3. The van der Waals surface area contributed by atoms with Crippen LogP contribution in [0.5, 0.6) is 11.5 Å². The quantitative estimate of drug-likeness (QED) is 0.514. The van der Waals surface area contributed by atoms with E-state index in [1.165, 1.54) is 6.08 Å². The second-order valence-electron chi connectivity index (χ2n) is 5.74. The summed E-state index contributed by atoms with van der Waals surface area (Å²) in [6.07, 6.45) is 2.86. The molecule has 0 radical (unpaired) electrons. The Morgan fingerprint density at radius 3 is 2.85 bits per heavy atom. The first kappa shape index (κ1) is 16.8. The van der Waals surface area contributed by atoms with Gasteiger partial charge < -0.3 is 14.2 Å². The molecular formula is C19H15N3O5. The number of fused-ring (bicyclic) bond motifs is 2. The molecule has 1 aromatic heterocycles. The molecule has 1 aliphatic heterocycles. The lowest BCUT2D eigenvalue weighted by Crippen LogP contribution is -2.26. The van der Waals surface area contributed by atoms with Crippen LogP contribution in [0, 0.1) is 0 Å². The Labute approximate surface area is 153 Å². The highest BCUT2D eigenvalue weighted by Gasteiger charge is 2.11. The summed E-state index contributed by atoms with van der Waals surface area (Å²) < 4.78 is 17.0. The third kappa shape index (κ3) is 3.64. The van der Waals surface area contributed by atoms with Crippen LogP contribution in [0.25, 0.3) is 17.0 Å². The summed E-state index contributed by atoms with van der Waals surface area (Å²) in [4.78, 5) is 24.2. The topological polar surface area (TPSA) is 92.5 Å². The molecule has 0 fully saturated rings. The molecule has 8 nitrogen and oxygen atoms in total. The zero-order chi connectivity index (χ0) is 18.6. The largest absolute Gasteiger partial charge is 0.486 e. The number of hydrogen-bond acceptors (Lipinski definition) is 7. The van der Waals surface area contributed by atoms with Crippen LogP contribution in [0.15, 0.2) is 53.3 Å². The summed E-state index contributed by atoms with van der Waals surface area (Å²) in [6, 6.07) is 12.2. The van der Waals surface area contributed by atoms with Crippen molar-refractivity contribution in [3.8, 4) is 11.5 Å². The fourth-order valence-electron chi connectivity index (χ4n) is 2.61. The molecule has 0 saturated carbocycles. The van der Waals surface area contributed by atoms with E-state index < -0.39 is 5.97 Å². The Hall–Kier alpha value is -3.68. The molecule has 2 aromatic carbocycles. The average Bonchev–Trinajstić information content (AvgIpc) is 2.72. The Kier molecular flexibility index (Phi) is 4.52. The number of hydrogen-bond donors (Lipinski definition) is 0. The van der Waals surface area contributed by atoms with Gasteiger partial charge in [0.1, 0.15) is 18.7 Å². The lowest BCUT2D eigenvalue weighted by Gasteiger charge is -2.18. The molecule has 8 heteroatoms. The highest BCUT2D eigenvalue weighted by atomic mass is 16.6. The third-order valence-electron chi connectivity index (χ3n) is 3.94. The average molecular weight is 365 g/mol. The minimum atomic E-state index is -0.605. The van der Waals surface area contributed by atoms with Crippen molar-refractivity contribution < 1.29 is 19.0 Å². The van der Waals surface area contributed by atoms with E-state index in [-0.39, 0.29) is 12.3 Å². The van der Waals surface area contributed by atoms with E-state index in [0.29, 0.717) is 35.6 Å². The van der Waals surface area contributed by atoms with E-state index >= 15 is 0 Å². The lowest BCUT2D eigenvalue weighted by atomic mass is 10.2. The predicted molar refractivity (Wildman–Crippen MR) is 96.4 cm³/mol. The fourth-order valence-corrected chi connectivity index (χ4v) is 2.61.